The van der Waals surface area contributed by atoms with Gasteiger partial charge < -0.3 is 25.0 Å². The first kappa shape index (κ1) is 22.9. The van der Waals surface area contributed by atoms with E-state index in [-0.39, 0.29) is 12.1 Å². The molecule has 0 aliphatic carbocycles. The second kappa shape index (κ2) is 8.26. The van der Waals surface area contributed by atoms with Crippen molar-refractivity contribution in [1.82, 2.24) is 5.32 Å². The third-order valence-electron chi connectivity index (χ3n) is 3.02. The van der Waals surface area contributed by atoms with Gasteiger partial charge in [-0.25, -0.2) is 4.79 Å². The highest BCUT2D eigenvalue weighted by molar-refractivity contribution is 5.67. The molecule has 0 saturated heterocycles. The van der Waals surface area contributed by atoms with Gasteiger partial charge in [0, 0.05) is 6.54 Å². The molecular formula is C16H20F5NO5. The molecule has 3 N–H and O–H groups in total. The fourth-order valence-corrected chi connectivity index (χ4v) is 1.77. The van der Waals surface area contributed by atoms with Crippen molar-refractivity contribution in [2.45, 2.75) is 50.9 Å². The predicted octanol–water partition coefficient (Wildman–Crippen LogP) is 3.14. The SMILES string of the molecule is CC(C)(C)OC(=O)NCC(O)C(O)c1ccc(OC(F)(F)C(F)(F)F)cc1. The Morgan fingerprint density at radius 2 is 1.59 bits per heavy atom. The molecular weight excluding hydrogens is 381 g/mol. The van der Waals surface area contributed by atoms with Crippen LogP contribution < -0.4 is 10.1 Å². The van der Waals surface area contributed by atoms with Crippen molar-refractivity contribution in [3.63, 3.8) is 0 Å². The van der Waals surface area contributed by atoms with E-state index in [0.29, 0.717) is 0 Å². The Morgan fingerprint density at radius 3 is 2.04 bits per heavy atom. The largest absolute Gasteiger partial charge is 0.499 e. The fourth-order valence-electron chi connectivity index (χ4n) is 1.77. The van der Waals surface area contributed by atoms with Crippen molar-refractivity contribution in [2.75, 3.05) is 6.54 Å². The van der Waals surface area contributed by atoms with Crippen LogP contribution in [0.3, 0.4) is 0 Å². The number of aliphatic hydroxyl groups excluding tert-OH is 2. The number of benzene rings is 1. The summed E-state index contributed by atoms with van der Waals surface area (Å²) in [5.74, 6) is -0.783. The van der Waals surface area contributed by atoms with E-state index in [1.807, 2.05) is 0 Å². The number of carbonyl (C=O) groups is 1. The predicted molar refractivity (Wildman–Crippen MR) is 83.3 cm³/mol. The van der Waals surface area contributed by atoms with E-state index in [0.717, 1.165) is 24.3 Å². The van der Waals surface area contributed by atoms with E-state index in [9.17, 15) is 37.0 Å². The molecule has 2 atom stereocenters. The second-order valence-corrected chi connectivity index (χ2v) is 6.58. The summed E-state index contributed by atoms with van der Waals surface area (Å²) < 4.78 is 70.4. The van der Waals surface area contributed by atoms with Crippen LogP contribution in [0.2, 0.25) is 0 Å². The Kier molecular flexibility index (Phi) is 7.00. The molecule has 1 rings (SSSR count). The standard InChI is InChI=1S/C16H20F5NO5/c1-14(2,3)27-13(25)22-8-11(23)12(24)9-4-6-10(7-5-9)26-16(20,21)15(17,18)19/h4-7,11-12,23-24H,8H2,1-3H3,(H,22,25). The molecule has 154 valence electrons. The molecule has 0 fully saturated rings. The topological polar surface area (TPSA) is 88.0 Å². The van der Waals surface area contributed by atoms with E-state index < -0.39 is 41.9 Å². The number of rotatable bonds is 6. The summed E-state index contributed by atoms with van der Waals surface area (Å²) in [4.78, 5) is 11.5. The number of amides is 1. The number of aliphatic hydroxyl groups is 2. The summed E-state index contributed by atoms with van der Waals surface area (Å²) in [6.45, 7) is 4.50. The molecule has 0 radical (unpaired) electrons. The van der Waals surface area contributed by atoms with Crippen molar-refractivity contribution < 1.29 is 46.4 Å². The summed E-state index contributed by atoms with van der Waals surface area (Å²) >= 11 is 0. The van der Waals surface area contributed by atoms with Crippen LogP contribution in [-0.4, -0.2) is 46.8 Å². The van der Waals surface area contributed by atoms with Crippen LogP contribution in [0.25, 0.3) is 0 Å². The molecule has 0 heterocycles. The van der Waals surface area contributed by atoms with Crippen molar-refractivity contribution in [1.29, 1.82) is 0 Å². The Bertz CT molecular complexity index is 628. The highest BCUT2D eigenvalue weighted by atomic mass is 19.4. The van der Waals surface area contributed by atoms with Gasteiger partial charge in [0.15, 0.2) is 0 Å². The summed E-state index contributed by atoms with van der Waals surface area (Å²) in [5, 5.41) is 22.1. The van der Waals surface area contributed by atoms with Gasteiger partial charge in [-0.1, -0.05) is 12.1 Å². The van der Waals surface area contributed by atoms with Gasteiger partial charge in [0.05, 0.1) is 0 Å². The quantitative estimate of drug-likeness (QED) is 0.638. The zero-order chi connectivity index (χ0) is 21.0. The molecule has 6 nitrogen and oxygen atoms in total. The molecule has 27 heavy (non-hydrogen) atoms. The van der Waals surface area contributed by atoms with Crippen LogP contribution in [0, 0.1) is 0 Å². The minimum atomic E-state index is -5.88. The number of nitrogens with one attached hydrogen (secondary N) is 1. The molecule has 0 bridgehead atoms. The minimum absolute atomic E-state index is 0.0103. The monoisotopic (exact) mass is 401 g/mol. The van der Waals surface area contributed by atoms with Crippen LogP contribution in [0.4, 0.5) is 26.7 Å². The zero-order valence-electron chi connectivity index (χ0n) is 14.7. The lowest BCUT2D eigenvalue weighted by Crippen LogP contribution is -2.41. The lowest BCUT2D eigenvalue weighted by Gasteiger charge is -2.23. The molecule has 0 aliphatic heterocycles. The Morgan fingerprint density at radius 1 is 1.07 bits per heavy atom. The van der Waals surface area contributed by atoms with Crippen LogP contribution in [0.15, 0.2) is 24.3 Å². The highest BCUT2D eigenvalue weighted by Gasteiger charge is 2.61. The average molecular weight is 401 g/mol. The number of hydrogen-bond donors (Lipinski definition) is 3. The van der Waals surface area contributed by atoms with Gasteiger partial charge in [0.25, 0.3) is 0 Å². The number of alkyl carbamates (subject to hydrolysis) is 1. The highest BCUT2D eigenvalue weighted by Crippen LogP contribution is 2.37. The lowest BCUT2D eigenvalue weighted by atomic mass is 10.0. The number of ether oxygens (including phenoxy) is 2. The smallest absolute Gasteiger partial charge is 0.444 e. The summed E-state index contributed by atoms with van der Waals surface area (Å²) in [7, 11) is 0. The van der Waals surface area contributed by atoms with E-state index in [4.69, 9.17) is 4.74 Å². The van der Waals surface area contributed by atoms with E-state index >= 15 is 0 Å². The Hall–Kier alpha value is -2.14. The molecule has 2 unspecified atom stereocenters. The maximum absolute atomic E-state index is 12.8. The lowest BCUT2D eigenvalue weighted by molar-refractivity contribution is -0.360. The van der Waals surface area contributed by atoms with Crippen molar-refractivity contribution >= 4 is 6.09 Å². The van der Waals surface area contributed by atoms with E-state index in [1.54, 1.807) is 20.8 Å². The third-order valence-corrected chi connectivity index (χ3v) is 3.02. The molecule has 0 aliphatic rings. The summed E-state index contributed by atoms with van der Waals surface area (Å²) in [6.07, 6.45) is -15.1. The van der Waals surface area contributed by atoms with Crippen LogP contribution in [-0.2, 0) is 4.74 Å². The van der Waals surface area contributed by atoms with Crippen molar-refractivity contribution in [3.05, 3.63) is 29.8 Å². The third kappa shape index (κ3) is 7.18. The maximum Gasteiger partial charge on any atom is 0.499 e. The van der Waals surface area contributed by atoms with Crippen LogP contribution >= 0.6 is 0 Å². The first-order valence-corrected chi connectivity index (χ1v) is 7.69. The molecule has 1 amide bonds. The number of carbonyl (C=O) groups excluding carboxylic acids is 1. The normalized spacial score (nSPS) is 15.0. The number of hydrogen-bond acceptors (Lipinski definition) is 5. The first-order chi connectivity index (χ1) is 12.1. The number of halogens is 5. The zero-order valence-corrected chi connectivity index (χ0v) is 14.7. The van der Waals surface area contributed by atoms with Crippen LogP contribution in [0.5, 0.6) is 5.75 Å². The van der Waals surface area contributed by atoms with Crippen molar-refractivity contribution in [3.8, 4) is 5.75 Å². The first-order valence-electron chi connectivity index (χ1n) is 7.69. The molecule has 1 aromatic rings. The molecule has 0 spiro atoms. The Labute approximate surface area is 151 Å². The number of alkyl halides is 5. The Balaban J connectivity index is 2.66. The molecule has 11 heteroatoms. The fraction of sp³-hybridized carbons (Fsp3) is 0.562. The minimum Gasteiger partial charge on any atom is -0.444 e. The van der Waals surface area contributed by atoms with Gasteiger partial charge in [-0.15, -0.1) is 0 Å². The summed E-state index contributed by atoms with van der Waals surface area (Å²) in [6, 6.07) is 3.57. The molecule has 1 aromatic carbocycles. The van der Waals surface area contributed by atoms with Gasteiger partial charge in [0.1, 0.15) is 23.6 Å². The van der Waals surface area contributed by atoms with E-state index in [2.05, 4.69) is 10.1 Å². The second-order valence-electron chi connectivity index (χ2n) is 6.58. The van der Waals surface area contributed by atoms with E-state index in [1.165, 1.54) is 0 Å². The van der Waals surface area contributed by atoms with Gasteiger partial charge in [-0.05, 0) is 38.5 Å². The summed E-state index contributed by atoms with van der Waals surface area (Å²) in [5.41, 5.74) is -0.752. The van der Waals surface area contributed by atoms with Gasteiger partial charge in [-0.3, -0.25) is 0 Å². The average Bonchev–Trinajstić information content (AvgIpc) is 2.49. The van der Waals surface area contributed by atoms with Crippen LogP contribution in [0.1, 0.15) is 32.4 Å². The molecule has 0 saturated carbocycles. The molecule has 0 aromatic heterocycles. The van der Waals surface area contributed by atoms with Crippen molar-refractivity contribution in [2.24, 2.45) is 0 Å². The van der Waals surface area contributed by atoms with Gasteiger partial charge in [0.2, 0.25) is 0 Å². The van der Waals surface area contributed by atoms with Gasteiger partial charge in [-0.2, -0.15) is 22.0 Å². The maximum atomic E-state index is 12.8. The van der Waals surface area contributed by atoms with Gasteiger partial charge >= 0.3 is 18.4 Å².